The molecule has 0 bridgehead atoms. The van der Waals surface area contributed by atoms with E-state index >= 15 is 0 Å². The van der Waals surface area contributed by atoms with Crippen molar-refractivity contribution in [3.63, 3.8) is 0 Å². The lowest BCUT2D eigenvalue weighted by Crippen LogP contribution is -2.21. The van der Waals surface area contributed by atoms with Crippen molar-refractivity contribution in [2.75, 3.05) is 5.32 Å². The fraction of sp³-hybridized carbons (Fsp3) is 0.333. The van der Waals surface area contributed by atoms with Crippen LogP contribution in [0.5, 0.6) is 0 Å². The van der Waals surface area contributed by atoms with Gasteiger partial charge >= 0.3 is 0 Å². The molecule has 0 aliphatic heterocycles. The van der Waals surface area contributed by atoms with E-state index in [1.54, 1.807) is 18.2 Å². The molecule has 2 aromatic rings. The standard InChI is InChI=1S/C15H12BrCl2F2N3O/c16-11-13(15(19)20)22-23(14(11)7-4-5-7)6-10(24)21-12-8(17)2-1-3-9(12)18/h1-3,7,15H,4-6H2,(H,21,24). The average molecular weight is 439 g/mol. The normalized spacial score (nSPS) is 14.2. The van der Waals surface area contributed by atoms with E-state index in [1.165, 1.54) is 4.68 Å². The lowest BCUT2D eigenvalue weighted by molar-refractivity contribution is -0.117. The Hall–Kier alpha value is -1.18. The third-order valence-electron chi connectivity index (χ3n) is 3.65. The van der Waals surface area contributed by atoms with Crippen LogP contribution in [0.1, 0.15) is 36.6 Å². The number of amides is 1. The Labute approximate surface area is 155 Å². The second kappa shape index (κ2) is 6.98. The second-order valence-corrected chi connectivity index (χ2v) is 7.07. The molecule has 3 rings (SSSR count). The van der Waals surface area contributed by atoms with Crippen LogP contribution in [-0.2, 0) is 11.3 Å². The molecular weight excluding hydrogens is 427 g/mol. The Balaban J connectivity index is 1.83. The smallest absolute Gasteiger partial charge is 0.283 e. The Morgan fingerprint density at radius 2 is 2.00 bits per heavy atom. The zero-order chi connectivity index (χ0) is 17.4. The molecule has 1 saturated carbocycles. The maximum Gasteiger partial charge on any atom is 0.283 e. The number of carbonyl (C=O) groups excluding carboxylic acids is 1. The van der Waals surface area contributed by atoms with Crippen LogP contribution in [0, 0.1) is 0 Å². The van der Waals surface area contributed by atoms with Crippen LogP contribution in [0.2, 0.25) is 10.0 Å². The first-order chi connectivity index (χ1) is 11.4. The third kappa shape index (κ3) is 3.58. The SMILES string of the molecule is O=C(Cn1nc(C(F)F)c(Br)c1C1CC1)Nc1c(Cl)cccc1Cl. The van der Waals surface area contributed by atoms with Gasteiger partial charge in [0.1, 0.15) is 12.2 Å². The van der Waals surface area contributed by atoms with E-state index in [0.717, 1.165) is 12.8 Å². The summed E-state index contributed by atoms with van der Waals surface area (Å²) >= 11 is 15.2. The molecule has 9 heteroatoms. The summed E-state index contributed by atoms with van der Waals surface area (Å²) in [5.41, 5.74) is 0.574. The van der Waals surface area contributed by atoms with Crippen LogP contribution < -0.4 is 5.32 Å². The van der Waals surface area contributed by atoms with E-state index in [1.807, 2.05) is 0 Å². The number of para-hydroxylation sites is 1. The number of benzene rings is 1. The Bertz CT molecular complexity index is 773. The lowest BCUT2D eigenvalue weighted by atomic mass is 10.2. The van der Waals surface area contributed by atoms with Gasteiger partial charge in [-0.15, -0.1) is 0 Å². The molecule has 0 saturated heterocycles. The number of aromatic nitrogens is 2. The maximum atomic E-state index is 13.1. The zero-order valence-electron chi connectivity index (χ0n) is 12.2. The van der Waals surface area contributed by atoms with Crippen LogP contribution in [-0.4, -0.2) is 15.7 Å². The third-order valence-corrected chi connectivity index (χ3v) is 5.09. The summed E-state index contributed by atoms with van der Waals surface area (Å²) in [4.78, 5) is 12.3. The van der Waals surface area contributed by atoms with Crippen molar-refractivity contribution >= 4 is 50.7 Å². The first-order valence-electron chi connectivity index (χ1n) is 7.16. The van der Waals surface area contributed by atoms with Crippen LogP contribution in [0.3, 0.4) is 0 Å². The largest absolute Gasteiger partial charge is 0.322 e. The monoisotopic (exact) mass is 437 g/mol. The van der Waals surface area contributed by atoms with Gasteiger partial charge in [-0.25, -0.2) is 8.78 Å². The van der Waals surface area contributed by atoms with Crippen molar-refractivity contribution in [2.24, 2.45) is 0 Å². The van der Waals surface area contributed by atoms with Gasteiger partial charge in [-0.2, -0.15) is 5.10 Å². The molecule has 1 aliphatic rings. The highest BCUT2D eigenvalue weighted by molar-refractivity contribution is 9.10. The van der Waals surface area contributed by atoms with Gasteiger partial charge in [-0.3, -0.25) is 9.48 Å². The fourth-order valence-corrected chi connectivity index (χ4v) is 3.68. The Morgan fingerprint density at radius 3 is 2.54 bits per heavy atom. The highest BCUT2D eigenvalue weighted by Gasteiger charge is 2.34. The van der Waals surface area contributed by atoms with E-state index in [2.05, 4.69) is 26.3 Å². The van der Waals surface area contributed by atoms with Crippen molar-refractivity contribution in [2.45, 2.75) is 31.7 Å². The van der Waals surface area contributed by atoms with E-state index in [9.17, 15) is 13.6 Å². The van der Waals surface area contributed by atoms with Gasteiger partial charge in [0.2, 0.25) is 5.91 Å². The average Bonchev–Trinajstić information content (AvgIpc) is 3.28. The lowest BCUT2D eigenvalue weighted by Gasteiger charge is -2.10. The quantitative estimate of drug-likeness (QED) is 0.678. The summed E-state index contributed by atoms with van der Waals surface area (Å²) in [6.45, 7) is -0.196. The summed E-state index contributed by atoms with van der Waals surface area (Å²) in [5.74, 6) is -0.293. The van der Waals surface area contributed by atoms with Gasteiger partial charge in [-0.1, -0.05) is 29.3 Å². The van der Waals surface area contributed by atoms with Gasteiger partial charge in [0, 0.05) is 5.92 Å². The van der Waals surface area contributed by atoms with Crippen molar-refractivity contribution < 1.29 is 13.6 Å². The molecule has 1 aliphatic carbocycles. The molecule has 1 fully saturated rings. The topological polar surface area (TPSA) is 46.9 Å². The van der Waals surface area contributed by atoms with Crippen LogP contribution in [0.25, 0.3) is 0 Å². The van der Waals surface area contributed by atoms with Crippen molar-refractivity contribution in [1.29, 1.82) is 0 Å². The minimum atomic E-state index is -2.71. The molecule has 0 atom stereocenters. The van der Waals surface area contributed by atoms with Crippen molar-refractivity contribution in [3.8, 4) is 0 Å². The number of hydrogen-bond donors (Lipinski definition) is 1. The van der Waals surface area contributed by atoms with Crippen molar-refractivity contribution in [1.82, 2.24) is 9.78 Å². The molecule has 1 amide bonds. The first-order valence-corrected chi connectivity index (χ1v) is 8.71. The zero-order valence-corrected chi connectivity index (χ0v) is 15.3. The molecule has 1 aromatic carbocycles. The predicted molar refractivity (Wildman–Crippen MR) is 92.0 cm³/mol. The van der Waals surface area contributed by atoms with Crippen molar-refractivity contribution in [3.05, 3.63) is 44.1 Å². The van der Waals surface area contributed by atoms with E-state index in [0.29, 0.717) is 21.4 Å². The Kier molecular flexibility index (Phi) is 5.13. The number of hydrogen-bond acceptors (Lipinski definition) is 2. The molecule has 128 valence electrons. The molecule has 1 aromatic heterocycles. The number of halogens is 5. The number of carbonyl (C=O) groups is 1. The Morgan fingerprint density at radius 1 is 1.38 bits per heavy atom. The van der Waals surface area contributed by atoms with Gasteiger partial charge in [0.05, 0.1) is 25.9 Å². The molecule has 24 heavy (non-hydrogen) atoms. The van der Waals surface area contributed by atoms with E-state index in [4.69, 9.17) is 23.2 Å². The molecule has 4 nitrogen and oxygen atoms in total. The van der Waals surface area contributed by atoms with Crippen LogP contribution in [0.15, 0.2) is 22.7 Å². The van der Waals surface area contributed by atoms with E-state index in [-0.39, 0.29) is 22.6 Å². The number of anilines is 1. The minimum absolute atomic E-state index is 0.149. The highest BCUT2D eigenvalue weighted by atomic mass is 79.9. The molecular formula is C15H12BrCl2F2N3O. The second-order valence-electron chi connectivity index (χ2n) is 5.46. The summed E-state index contributed by atoms with van der Waals surface area (Å²) < 4.78 is 27.7. The van der Waals surface area contributed by atoms with Gasteiger partial charge in [-0.05, 0) is 40.9 Å². The fourth-order valence-electron chi connectivity index (χ4n) is 2.41. The molecule has 1 N–H and O–H groups in total. The highest BCUT2D eigenvalue weighted by Crippen LogP contribution is 2.45. The minimum Gasteiger partial charge on any atom is -0.322 e. The first kappa shape index (κ1) is 17.6. The van der Waals surface area contributed by atoms with Crippen LogP contribution in [0.4, 0.5) is 14.5 Å². The summed E-state index contributed by atoms with van der Waals surface area (Å²) in [5, 5.41) is 7.09. The summed E-state index contributed by atoms with van der Waals surface area (Å²) in [6, 6.07) is 4.85. The molecule has 0 unspecified atom stereocenters. The van der Waals surface area contributed by atoms with E-state index < -0.39 is 12.3 Å². The van der Waals surface area contributed by atoms with Crippen LogP contribution >= 0.6 is 39.1 Å². The van der Waals surface area contributed by atoms with Gasteiger partial charge in [0.15, 0.2) is 0 Å². The maximum absolute atomic E-state index is 13.1. The molecule has 1 heterocycles. The summed E-state index contributed by atoms with van der Waals surface area (Å²) in [7, 11) is 0. The molecule has 0 radical (unpaired) electrons. The van der Waals surface area contributed by atoms with Gasteiger partial charge < -0.3 is 5.32 Å². The van der Waals surface area contributed by atoms with Gasteiger partial charge in [0.25, 0.3) is 6.43 Å². The number of rotatable bonds is 5. The predicted octanol–water partition coefficient (Wildman–Crippen LogP) is 5.41. The molecule has 0 spiro atoms. The number of nitrogens with zero attached hydrogens (tertiary/aromatic N) is 2. The number of alkyl halides is 2. The number of nitrogens with one attached hydrogen (secondary N) is 1. The summed E-state index contributed by atoms with van der Waals surface area (Å²) in [6.07, 6.45) is -0.922.